The molecule has 0 spiro atoms. The number of aromatic nitrogens is 3. The van der Waals surface area contributed by atoms with Crippen molar-refractivity contribution in [1.29, 1.82) is 0 Å². The predicted molar refractivity (Wildman–Crippen MR) is 187 cm³/mol. The number of nitrogens with one attached hydrogen (secondary N) is 1. The predicted octanol–water partition coefficient (Wildman–Crippen LogP) is 4.16. The van der Waals surface area contributed by atoms with Crippen molar-refractivity contribution in [2.45, 2.75) is 82.6 Å². The molecule has 51 heavy (non-hydrogen) atoms. The molecule has 14 heteroatoms. The second-order valence-electron chi connectivity index (χ2n) is 13.9. The number of nitrogens with zero attached hydrogens (tertiary/aromatic N) is 4. The number of pyridine rings is 1. The number of nitrogens with two attached hydrogens (primary N) is 1. The first-order valence-corrected chi connectivity index (χ1v) is 17.3. The number of rotatable bonds is 7. The Kier molecular flexibility index (Phi) is 10.6. The van der Waals surface area contributed by atoms with Gasteiger partial charge in [-0.15, -0.1) is 6.42 Å². The molecule has 3 saturated heterocycles. The van der Waals surface area contributed by atoms with Gasteiger partial charge in [-0.3, -0.25) is 14.6 Å². The number of aromatic hydroxyl groups is 1. The first-order valence-electron chi connectivity index (χ1n) is 17.3. The Bertz CT molecular complexity index is 1940. The fraction of sp³-hybridized carbons (Fsp3) is 0.486. The summed E-state index contributed by atoms with van der Waals surface area (Å²) in [4.78, 5) is 15.2. The number of fused-ring (bicyclic) bond motifs is 3. The highest BCUT2D eigenvalue weighted by Gasteiger charge is 2.45. The fourth-order valence-corrected chi connectivity index (χ4v) is 7.68. The second-order valence-corrected chi connectivity index (χ2v) is 13.9. The van der Waals surface area contributed by atoms with E-state index in [0.29, 0.717) is 17.9 Å². The Labute approximate surface area is 294 Å². The first-order chi connectivity index (χ1) is 24.3. The number of terminal acetylenes is 1. The van der Waals surface area contributed by atoms with Crippen molar-refractivity contribution in [2.24, 2.45) is 5.92 Å². The number of phenolic OH excluding ortho intramolecular Hbond substituents is 1. The topological polar surface area (TPSA) is 179 Å². The quantitative estimate of drug-likeness (QED) is 0.120. The summed E-state index contributed by atoms with van der Waals surface area (Å²) in [6.45, 7) is 7.31. The fourth-order valence-electron chi connectivity index (χ4n) is 7.68. The highest BCUT2D eigenvalue weighted by molar-refractivity contribution is 6.02. The van der Waals surface area contributed by atoms with Gasteiger partial charge in [0.1, 0.15) is 35.2 Å². The Balaban J connectivity index is 0.000000252. The summed E-state index contributed by atoms with van der Waals surface area (Å²) in [5.74, 6) is 1.47. The Morgan fingerprint density at radius 1 is 1.14 bits per heavy atom. The highest BCUT2D eigenvalue weighted by Crippen LogP contribution is 2.40. The van der Waals surface area contributed by atoms with Gasteiger partial charge in [0.15, 0.2) is 5.82 Å². The summed E-state index contributed by atoms with van der Waals surface area (Å²) in [6.07, 6.45) is 10.9. The number of ether oxygens (including phenoxy) is 2. The third kappa shape index (κ3) is 7.84. The van der Waals surface area contributed by atoms with E-state index in [4.69, 9.17) is 32.2 Å². The van der Waals surface area contributed by atoms with Crippen molar-refractivity contribution in [2.75, 3.05) is 32.0 Å². The largest absolute Gasteiger partial charge is 0.508 e. The van der Waals surface area contributed by atoms with Crippen LogP contribution in [-0.4, -0.2) is 90.4 Å². The smallest absolute Gasteiger partial charge is 0.405 e. The lowest BCUT2D eigenvalue weighted by molar-refractivity contribution is -0.465. The van der Waals surface area contributed by atoms with Crippen LogP contribution in [0.3, 0.4) is 0 Å². The van der Waals surface area contributed by atoms with Gasteiger partial charge >= 0.3 is 12.2 Å². The summed E-state index contributed by atoms with van der Waals surface area (Å²) < 4.78 is 41.1. The Hall–Kier alpha value is -4.23. The van der Waals surface area contributed by atoms with E-state index in [2.05, 4.69) is 42.7 Å². The molecular weight excluding hydrogens is 662 g/mol. The van der Waals surface area contributed by atoms with E-state index in [1.165, 1.54) is 30.5 Å². The van der Waals surface area contributed by atoms with E-state index in [9.17, 15) is 9.50 Å². The molecule has 5 heterocycles. The van der Waals surface area contributed by atoms with Crippen LogP contribution in [0.15, 0.2) is 30.5 Å². The third-order valence-electron chi connectivity index (χ3n) is 10.4. The SMILES string of the molecule is C#Cc1c(F)ccc2cc(O)cc(-c3ncc4c(N)nc(OCC56CCCN5CCC6)nc4c3F)c12.CC1CCNC(C(C)OC(O)(O)O)CC1. The van der Waals surface area contributed by atoms with Crippen LogP contribution in [0.5, 0.6) is 11.8 Å². The first kappa shape index (κ1) is 36.6. The lowest BCUT2D eigenvalue weighted by Crippen LogP contribution is -2.45. The summed E-state index contributed by atoms with van der Waals surface area (Å²) in [7, 11) is 0. The number of halogens is 2. The minimum absolute atomic E-state index is 0.0136. The molecule has 4 aromatic rings. The van der Waals surface area contributed by atoms with Gasteiger partial charge in [-0.1, -0.05) is 18.9 Å². The molecule has 7 N–H and O–H groups in total. The van der Waals surface area contributed by atoms with E-state index in [0.717, 1.165) is 64.6 Å². The van der Waals surface area contributed by atoms with Gasteiger partial charge in [-0.2, -0.15) is 9.97 Å². The van der Waals surface area contributed by atoms with Gasteiger partial charge in [0, 0.05) is 23.2 Å². The van der Waals surface area contributed by atoms with Crippen molar-refractivity contribution in [1.82, 2.24) is 25.2 Å². The molecule has 7 rings (SSSR count). The molecule has 0 bridgehead atoms. The molecule has 2 aromatic carbocycles. The van der Waals surface area contributed by atoms with Gasteiger partial charge < -0.3 is 36.2 Å². The molecule has 0 radical (unpaired) electrons. The maximum atomic E-state index is 16.0. The number of phenols is 1. The Morgan fingerprint density at radius 3 is 2.59 bits per heavy atom. The van der Waals surface area contributed by atoms with Crippen molar-refractivity contribution >= 4 is 27.5 Å². The van der Waals surface area contributed by atoms with Gasteiger partial charge in [0.25, 0.3) is 0 Å². The zero-order valence-electron chi connectivity index (χ0n) is 28.7. The van der Waals surface area contributed by atoms with Crippen LogP contribution in [0, 0.1) is 29.9 Å². The molecule has 0 amide bonds. The second kappa shape index (κ2) is 14.8. The monoisotopic (exact) mass is 706 g/mol. The van der Waals surface area contributed by atoms with E-state index < -0.39 is 23.9 Å². The molecule has 2 aromatic heterocycles. The number of aliphatic hydroxyl groups is 3. The lowest BCUT2D eigenvalue weighted by atomic mass is 9.95. The van der Waals surface area contributed by atoms with E-state index >= 15 is 4.39 Å². The van der Waals surface area contributed by atoms with Crippen molar-refractivity contribution in [3.63, 3.8) is 0 Å². The minimum atomic E-state index is -3.03. The van der Waals surface area contributed by atoms with Gasteiger partial charge in [0.2, 0.25) is 0 Å². The Morgan fingerprint density at radius 2 is 1.88 bits per heavy atom. The molecule has 3 fully saturated rings. The lowest BCUT2D eigenvalue weighted by Gasteiger charge is -2.31. The molecule has 0 saturated carbocycles. The number of anilines is 1. The number of nitrogen functional groups attached to an aromatic ring is 1. The van der Waals surface area contributed by atoms with Crippen LogP contribution in [0.2, 0.25) is 0 Å². The summed E-state index contributed by atoms with van der Waals surface area (Å²) in [5.41, 5.74) is 5.95. The van der Waals surface area contributed by atoms with Crippen LogP contribution in [0.1, 0.15) is 64.4 Å². The van der Waals surface area contributed by atoms with Crippen LogP contribution in [0.4, 0.5) is 14.6 Å². The van der Waals surface area contributed by atoms with Crippen molar-refractivity contribution < 1.29 is 38.7 Å². The average molecular weight is 707 g/mol. The zero-order valence-corrected chi connectivity index (χ0v) is 28.7. The normalized spacial score (nSPS) is 21.1. The molecule has 3 atom stereocenters. The molecular formula is C37H44F2N6O6. The molecule has 3 unspecified atom stereocenters. The standard InChI is InChI=1S/C27H23F2N5O2.C10H21NO4/c1-2-17-20(28)6-5-15-11-16(35)12-18(21(15)17)23-22(29)24-19(13-31-23)25(30)33-26(32-24)36-14-27-7-3-9-34(27)10-4-8-27;1-7-3-4-9(11-6-5-7)8(2)15-10(12,13)14/h1,5-6,11-13,35H,3-4,7-10,14H2,(H2,30,32,33);7-9,11-14H,3-6H2,1-2H3. The van der Waals surface area contributed by atoms with E-state index in [1.54, 1.807) is 6.92 Å². The molecule has 0 aliphatic carbocycles. The summed E-state index contributed by atoms with van der Waals surface area (Å²) in [5, 5.41) is 40.6. The van der Waals surface area contributed by atoms with Crippen LogP contribution in [-0.2, 0) is 4.74 Å². The molecule has 3 aliphatic heterocycles. The van der Waals surface area contributed by atoms with Crippen LogP contribution >= 0.6 is 0 Å². The molecule has 272 valence electrons. The van der Waals surface area contributed by atoms with Crippen LogP contribution in [0.25, 0.3) is 32.9 Å². The van der Waals surface area contributed by atoms with E-state index in [1.807, 2.05) is 0 Å². The maximum Gasteiger partial charge on any atom is 0.405 e. The zero-order chi connectivity index (χ0) is 36.5. The van der Waals surface area contributed by atoms with Crippen molar-refractivity contribution in [3.05, 3.63) is 47.7 Å². The van der Waals surface area contributed by atoms with E-state index in [-0.39, 0.29) is 62.3 Å². The summed E-state index contributed by atoms with van der Waals surface area (Å²) >= 11 is 0. The average Bonchev–Trinajstić information content (AvgIpc) is 3.58. The maximum absolute atomic E-state index is 16.0. The number of hydrogen-bond acceptors (Lipinski definition) is 12. The minimum Gasteiger partial charge on any atom is -0.508 e. The van der Waals surface area contributed by atoms with Gasteiger partial charge in [0.05, 0.1) is 22.6 Å². The van der Waals surface area contributed by atoms with Crippen LogP contribution < -0.4 is 15.8 Å². The third-order valence-corrected chi connectivity index (χ3v) is 10.4. The van der Waals surface area contributed by atoms with Gasteiger partial charge in [-0.25, -0.2) is 8.78 Å². The summed E-state index contributed by atoms with van der Waals surface area (Å²) in [6, 6.07) is 5.45. The highest BCUT2D eigenvalue weighted by atomic mass is 19.1. The number of benzene rings is 2. The van der Waals surface area contributed by atoms with Crippen molar-refractivity contribution in [3.8, 4) is 35.4 Å². The molecule has 12 nitrogen and oxygen atoms in total. The molecule has 3 aliphatic rings. The van der Waals surface area contributed by atoms with Gasteiger partial charge in [-0.05, 0) is 101 Å². The number of hydrogen-bond donors (Lipinski definition) is 6.